The van der Waals surface area contributed by atoms with Crippen molar-refractivity contribution < 1.29 is 13.9 Å². The molecular formula is C14H13NO3. The summed E-state index contributed by atoms with van der Waals surface area (Å²) in [6.45, 7) is 2.21. The molecule has 0 unspecified atom stereocenters. The number of nitriles is 1. The first-order chi connectivity index (χ1) is 8.72. The number of ether oxygens (including phenoxy) is 2. The molecule has 1 aromatic carbocycles. The second-order valence-corrected chi connectivity index (χ2v) is 3.78. The fourth-order valence-electron chi connectivity index (χ4n) is 1.57. The van der Waals surface area contributed by atoms with Crippen molar-refractivity contribution in [3.8, 4) is 17.6 Å². The molecule has 0 aliphatic heterocycles. The van der Waals surface area contributed by atoms with Gasteiger partial charge in [0.1, 0.15) is 18.1 Å². The van der Waals surface area contributed by atoms with Crippen LogP contribution in [-0.2, 0) is 6.61 Å². The van der Waals surface area contributed by atoms with Gasteiger partial charge in [-0.25, -0.2) is 0 Å². The van der Waals surface area contributed by atoms with E-state index in [-0.39, 0.29) is 0 Å². The Morgan fingerprint density at radius 3 is 2.67 bits per heavy atom. The summed E-state index contributed by atoms with van der Waals surface area (Å²) in [5.41, 5.74) is 0.535. The van der Waals surface area contributed by atoms with Gasteiger partial charge in [-0.05, 0) is 31.2 Å². The molecule has 0 aliphatic carbocycles. The van der Waals surface area contributed by atoms with Crippen LogP contribution in [0.15, 0.2) is 34.7 Å². The van der Waals surface area contributed by atoms with Gasteiger partial charge in [0, 0.05) is 6.07 Å². The van der Waals surface area contributed by atoms with E-state index < -0.39 is 0 Å². The topological polar surface area (TPSA) is 55.4 Å². The van der Waals surface area contributed by atoms with E-state index >= 15 is 0 Å². The molecule has 0 radical (unpaired) electrons. The normalized spacial score (nSPS) is 9.83. The predicted octanol–water partition coefficient (Wildman–Crippen LogP) is 3.05. The number of methoxy groups -OCH3 is 1. The molecule has 0 spiro atoms. The molecule has 4 nitrogen and oxygen atoms in total. The summed E-state index contributed by atoms with van der Waals surface area (Å²) in [5.74, 6) is 2.72. The van der Waals surface area contributed by atoms with Crippen LogP contribution in [0.3, 0.4) is 0 Å². The van der Waals surface area contributed by atoms with Gasteiger partial charge in [0.25, 0.3) is 0 Å². The summed E-state index contributed by atoms with van der Waals surface area (Å²) in [6.07, 6.45) is 0. The van der Waals surface area contributed by atoms with Crippen LogP contribution in [0.5, 0.6) is 11.5 Å². The second kappa shape index (κ2) is 5.28. The number of benzene rings is 1. The number of nitrogens with zero attached hydrogens (tertiary/aromatic N) is 1. The van der Waals surface area contributed by atoms with E-state index in [9.17, 15) is 0 Å². The van der Waals surface area contributed by atoms with Crippen molar-refractivity contribution in [3.05, 3.63) is 47.4 Å². The van der Waals surface area contributed by atoms with Gasteiger partial charge in [0.15, 0.2) is 11.5 Å². The minimum atomic E-state index is 0.329. The van der Waals surface area contributed by atoms with Crippen molar-refractivity contribution in [2.45, 2.75) is 13.5 Å². The average Bonchev–Trinajstić information content (AvgIpc) is 2.82. The second-order valence-electron chi connectivity index (χ2n) is 3.78. The molecule has 1 heterocycles. The molecule has 2 aromatic rings. The van der Waals surface area contributed by atoms with Gasteiger partial charge in [-0.3, -0.25) is 0 Å². The van der Waals surface area contributed by atoms with Crippen molar-refractivity contribution in [3.63, 3.8) is 0 Å². The maximum absolute atomic E-state index is 8.80. The molecule has 0 fully saturated rings. The highest BCUT2D eigenvalue weighted by molar-refractivity contribution is 5.46. The number of hydrogen-bond donors (Lipinski definition) is 0. The Morgan fingerprint density at radius 2 is 2.06 bits per heavy atom. The lowest BCUT2D eigenvalue weighted by Crippen LogP contribution is -1.97. The average molecular weight is 243 g/mol. The van der Waals surface area contributed by atoms with Crippen LogP contribution in [0, 0.1) is 18.3 Å². The quantitative estimate of drug-likeness (QED) is 0.828. The van der Waals surface area contributed by atoms with E-state index in [4.69, 9.17) is 19.2 Å². The number of rotatable bonds is 4. The highest BCUT2D eigenvalue weighted by atomic mass is 16.5. The Balaban J connectivity index is 2.12. The van der Waals surface area contributed by atoms with E-state index in [1.54, 1.807) is 25.3 Å². The van der Waals surface area contributed by atoms with E-state index in [1.807, 2.05) is 19.1 Å². The molecule has 4 heteroatoms. The Kier molecular flexibility index (Phi) is 3.54. The van der Waals surface area contributed by atoms with Crippen LogP contribution in [0.1, 0.15) is 17.1 Å². The van der Waals surface area contributed by atoms with Crippen molar-refractivity contribution in [2.24, 2.45) is 0 Å². The Morgan fingerprint density at radius 1 is 1.22 bits per heavy atom. The Hall–Kier alpha value is -2.41. The molecular weight excluding hydrogens is 230 g/mol. The highest BCUT2D eigenvalue weighted by Gasteiger charge is 2.07. The van der Waals surface area contributed by atoms with Crippen LogP contribution in [0.4, 0.5) is 0 Å². The van der Waals surface area contributed by atoms with Crippen molar-refractivity contribution in [1.29, 1.82) is 5.26 Å². The van der Waals surface area contributed by atoms with E-state index in [2.05, 4.69) is 6.07 Å². The lowest BCUT2D eigenvalue weighted by atomic mass is 10.2. The summed E-state index contributed by atoms with van der Waals surface area (Å²) >= 11 is 0. The molecule has 0 saturated carbocycles. The van der Waals surface area contributed by atoms with Crippen LogP contribution in [0.2, 0.25) is 0 Å². The molecule has 0 N–H and O–H groups in total. The number of hydrogen-bond acceptors (Lipinski definition) is 4. The minimum Gasteiger partial charge on any atom is -0.493 e. The van der Waals surface area contributed by atoms with E-state index in [0.717, 1.165) is 11.5 Å². The molecule has 1 aromatic heterocycles. The van der Waals surface area contributed by atoms with Gasteiger partial charge in [-0.1, -0.05) is 0 Å². The van der Waals surface area contributed by atoms with Crippen LogP contribution in [0.25, 0.3) is 0 Å². The molecule has 92 valence electrons. The molecule has 0 aliphatic rings. The summed E-state index contributed by atoms with van der Waals surface area (Å²) in [4.78, 5) is 0. The first-order valence-corrected chi connectivity index (χ1v) is 5.49. The van der Waals surface area contributed by atoms with Crippen LogP contribution < -0.4 is 9.47 Å². The van der Waals surface area contributed by atoms with E-state index in [0.29, 0.717) is 23.7 Å². The van der Waals surface area contributed by atoms with Crippen molar-refractivity contribution in [2.75, 3.05) is 7.11 Å². The molecule has 0 saturated heterocycles. The molecule has 0 amide bonds. The first-order valence-electron chi connectivity index (χ1n) is 5.49. The van der Waals surface area contributed by atoms with E-state index in [1.165, 1.54) is 0 Å². The Bertz CT molecular complexity index is 581. The first kappa shape index (κ1) is 12.1. The fraction of sp³-hybridized carbons (Fsp3) is 0.214. The fourth-order valence-corrected chi connectivity index (χ4v) is 1.57. The highest BCUT2D eigenvalue weighted by Crippen LogP contribution is 2.28. The number of furan rings is 1. The molecule has 2 rings (SSSR count). The largest absolute Gasteiger partial charge is 0.493 e. The zero-order chi connectivity index (χ0) is 13.0. The van der Waals surface area contributed by atoms with Crippen LogP contribution >= 0.6 is 0 Å². The minimum absolute atomic E-state index is 0.329. The third kappa shape index (κ3) is 2.64. The summed E-state index contributed by atoms with van der Waals surface area (Å²) in [7, 11) is 1.54. The smallest absolute Gasteiger partial charge is 0.162 e. The van der Waals surface area contributed by atoms with Gasteiger partial charge in [0.05, 0.1) is 18.7 Å². The lowest BCUT2D eigenvalue weighted by Gasteiger charge is -2.09. The van der Waals surface area contributed by atoms with Gasteiger partial charge < -0.3 is 13.9 Å². The maximum atomic E-state index is 8.80. The molecule has 18 heavy (non-hydrogen) atoms. The molecule has 0 atom stereocenters. The van der Waals surface area contributed by atoms with Gasteiger partial charge in [-0.2, -0.15) is 5.26 Å². The molecule has 0 bridgehead atoms. The van der Waals surface area contributed by atoms with Crippen molar-refractivity contribution in [1.82, 2.24) is 0 Å². The van der Waals surface area contributed by atoms with Gasteiger partial charge >= 0.3 is 0 Å². The standard InChI is InChI=1S/C14H13NO3/c1-10-3-5-12(18-10)9-17-13-6-4-11(8-15)7-14(13)16-2/h3-7H,9H2,1-2H3. The third-order valence-electron chi connectivity index (χ3n) is 2.46. The SMILES string of the molecule is COc1cc(C#N)ccc1OCc1ccc(C)o1. The summed E-state index contributed by atoms with van der Waals surface area (Å²) in [6, 6.07) is 10.8. The predicted molar refractivity (Wildman–Crippen MR) is 65.5 cm³/mol. The lowest BCUT2D eigenvalue weighted by molar-refractivity contribution is 0.254. The summed E-state index contributed by atoms with van der Waals surface area (Å²) < 4.78 is 16.2. The van der Waals surface area contributed by atoms with Gasteiger partial charge in [0.2, 0.25) is 0 Å². The van der Waals surface area contributed by atoms with Crippen molar-refractivity contribution >= 4 is 0 Å². The monoisotopic (exact) mass is 243 g/mol. The Labute approximate surface area is 105 Å². The summed E-state index contributed by atoms with van der Waals surface area (Å²) in [5, 5.41) is 8.80. The maximum Gasteiger partial charge on any atom is 0.162 e. The zero-order valence-corrected chi connectivity index (χ0v) is 10.3. The van der Waals surface area contributed by atoms with Gasteiger partial charge in [-0.15, -0.1) is 0 Å². The third-order valence-corrected chi connectivity index (χ3v) is 2.46. The number of aryl methyl sites for hydroxylation is 1. The zero-order valence-electron chi connectivity index (χ0n) is 10.3. The van der Waals surface area contributed by atoms with Crippen LogP contribution in [-0.4, -0.2) is 7.11 Å².